The zero-order valence-electron chi connectivity index (χ0n) is 25.3. The molecule has 218 valence electrons. The van der Waals surface area contributed by atoms with E-state index in [1.54, 1.807) is 0 Å². The average Bonchev–Trinajstić information content (AvgIpc) is 2.99. The molecule has 0 saturated heterocycles. The SMILES string of the molecule is CCCCCCCCCc1ccc(-c2ccc(OC(=O)C3CCC(C#N)(CCCCCCCC)CC3)cc2)nc1. The number of ether oxygens (including phenoxy) is 1. The Hall–Kier alpha value is -2.67. The van der Waals surface area contributed by atoms with E-state index < -0.39 is 0 Å². The summed E-state index contributed by atoms with van der Waals surface area (Å²) in [6.45, 7) is 4.49. The molecule has 0 unspecified atom stereocenters. The maximum Gasteiger partial charge on any atom is 0.314 e. The molecular weight excluding hydrogens is 492 g/mol. The maximum atomic E-state index is 12.9. The number of aryl methyl sites for hydroxylation is 1. The molecule has 1 aromatic heterocycles. The van der Waals surface area contributed by atoms with Gasteiger partial charge in [-0.1, -0.05) is 97.0 Å². The molecule has 40 heavy (non-hydrogen) atoms. The normalized spacial score (nSPS) is 18.8. The number of rotatable bonds is 18. The van der Waals surface area contributed by atoms with Gasteiger partial charge in [0, 0.05) is 11.8 Å². The number of carbonyl (C=O) groups is 1. The highest BCUT2D eigenvalue weighted by atomic mass is 16.5. The largest absolute Gasteiger partial charge is 0.426 e. The van der Waals surface area contributed by atoms with Crippen LogP contribution in [0.2, 0.25) is 0 Å². The number of nitrogens with zero attached hydrogens (tertiary/aromatic N) is 2. The standard InChI is InChI=1S/C36H52N2O2/c1-3-5-7-9-11-12-14-16-30-17-22-34(38-28-30)31-18-20-33(21-19-31)40-35(39)32-23-26-36(29-37,27-24-32)25-15-13-10-8-6-4-2/h17-22,28,32H,3-16,23-27H2,1-2H3. The van der Waals surface area contributed by atoms with E-state index in [1.807, 2.05) is 30.5 Å². The Morgan fingerprint density at radius 2 is 1.45 bits per heavy atom. The van der Waals surface area contributed by atoms with Gasteiger partial charge in [-0.05, 0) is 80.8 Å². The molecule has 4 nitrogen and oxygen atoms in total. The van der Waals surface area contributed by atoms with Crippen LogP contribution in [0.3, 0.4) is 0 Å². The van der Waals surface area contributed by atoms with Crippen LogP contribution in [0.1, 0.15) is 135 Å². The van der Waals surface area contributed by atoms with Crippen molar-refractivity contribution in [1.82, 2.24) is 4.98 Å². The fourth-order valence-corrected chi connectivity index (χ4v) is 5.99. The molecule has 4 heteroatoms. The van der Waals surface area contributed by atoms with Crippen molar-refractivity contribution < 1.29 is 9.53 Å². The molecule has 1 aliphatic rings. The van der Waals surface area contributed by atoms with Crippen LogP contribution in [0.5, 0.6) is 5.75 Å². The predicted octanol–water partition coefficient (Wildman–Crippen LogP) is 10.4. The number of esters is 1. The van der Waals surface area contributed by atoms with Crippen molar-refractivity contribution in [3.05, 3.63) is 48.2 Å². The van der Waals surface area contributed by atoms with Crippen LogP contribution < -0.4 is 4.74 Å². The number of unbranched alkanes of at least 4 members (excludes halogenated alkanes) is 11. The summed E-state index contributed by atoms with van der Waals surface area (Å²) in [5.74, 6) is 0.302. The van der Waals surface area contributed by atoms with Gasteiger partial charge in [-0.15, -0.1) is 0 Å². The van der Waals surface area contributed by atoms with E-state index in [-0.39, 0.29) is 17.3 Å². The monoisotopic (exact) mass is 544 g/mol. The molecule has 1 fully saturated rings. The first-order chi connectivity index (χ1) is 19.6. The molecule has 0 amide bonds. The lowest BCUT2D eigenvalue weighted by Gasteiger charge is -2.34. The van der Waals surface area contributed by atoms with Gasteiger partial charge in [0.2, 0.25) is 0 Å². The molecule has 0 bridgehead atoms. The highest BCUT2D eigenvalue weighted by molar-refractivity contribution is 5.75. The third kappa shape index (κ3) is 10.7. The lowest BCUT2D eigenvalue weighted by atomic mass is 9.69. The Balaban J connectivity index is 1.39. The van der Waals surface area contributed by atoms with E-state index in [1.165, 1.54) is 82.6 Å². The van der Waals surface area contributed by atoms with Crippen LogP contribution in [-0.4, -0.2) is 11.0 Å². The minimum absolute atomic E-state index is 0.115. The third-order valence-electron chi connectivity index (χ3n) is 8.78. The number of hydrogen-bond donors (Lipinski definition) is 0. The van der Waals surface area contributed by atoms with Gasteiger partial charge in [0.1, 0.15) is 5.75 Å². The van der Waals surface area contributed by atoms with Crippen LogP contribution >= 0.6 is 0 Å². The van der Waals surface area contributed by atoms with Crippen LogP contribution in [0.15, 0.2) is 42.6 Å². The van der Waals surface area contributed by atoms with Crippen molar-refractivity contribution >= 4 is 5.97 Å². The van der Waals surface area contributed by atoms with Gasteiger partial charge in [-0.3, -0.25) is 9.78 Å². The van der Waals surface area contributed by atoms with E-state index in [2.05, 4.69) is 37.0 Å². The van der Waals surface area contributed by atoms with E-state index in [0.29, 0.717) is 5.75 Å². The van der Waals surface area contributed by atoms with Gasteiger partial charge in [-0.25, -0.2) is 0 Å². The molecule has 0 N–H and O–H groups in total. The van der Waals surface area contributed by atoms with Gasteiger partial charge in [0.25, 0.3) is 0 Å². The molecule has 1 heterocycles. The maximum absolute atomic E-state index is 12.9. The fraction of sp³-hybridized carbons (Fsp3) is 0.639. The topological polar surface area (TPSA) is 63.0 Å². The zero-order chi connectivity index (χ0) is 28.5. The van der Waals surface area contributed by atoms with E-state index in [4.69, 9.17) is 4.74 Å². The number of aromatic nitrogens is 1. The summed E-state index contributed by atoms with van der Waals surface area (Å²) in [6, 6.07) is 14.6. The van der Waals surface area contributed by atoms with E-state index >= 15 is 0 Å². The third-order valence-corrected chi connectivity index (χ3v) is 8.78. The molecule has 0 atom stereocenters. The summed E-state index contributed by atoms with van der Waals surface area (Å²) in [7, 11) is 0. The first-order valence-corrected chi connectivity index (χ1v) is 16.3. The Bertz CT molecular complexity index is 1010. The lowest BCUT2D eigenvalue weighted by Crippen LogP contribution is -2.31. The Labute approximate surface area is 243 Å². The number of carbonyl (C=O) groups excluding carboxylic acids is 1. The smallest absolute Gasteiger partial charge is 0.314 e. The summed E-state index contributed by atoms with van der Waals surface area (Å²) in [5, 5.41) is 9.89. The second-order valence-corrected chi connectivity index (χ2v) is 12.1. The van der Waals surface area contributed by atoms with Gasteiger partial charge < -0.3 is 4.74 Å². The summed E-state index contributed by atoms with van der Waals surface area (Å²) in [4.78, 5) is 17.6. The molecule has 1 aliphatic carbocycles. The van der Waals surface area contributed by atoms with Gasteiger partial charge in [-0.2, -0.15) is 5.26 Å². The first-order valence-electron chi connectivity index (χ1n) is 16.3. The summed E-state index contributed by atoms with van der Waals surface area (Å²) >= 11 is 0. The van der Waals surface area contributed by atoms with Crippen LogP contribution in [0.25, 0.3) is 11.3 Å². The summed E-state index contributed by atoms with van der Waals surface area (Å²) in [5.41, 5.74) is 3.00. The Morgan fingerprint density at radius 1 is 0.850 bits per heavy atom. The minimum Gasteiger partial charge on any atom is -0.426 e. The summed E-state index contributed by atoms with van der Waals surface area (Å²) in [6.07, 6.45) is 23.9. The zero-order valence-corrected chi connectivity index (χ0v) is 25.3. The van der Waals surface area contributed by atoms with Gasteiger partial charge >= 0.3 is 5.97 Å². The Morgan fingerprint density at radius 3 is 2.02 bits per heavy atom. The molecule has 1 aromatic carbocycles. The minimum atomic E-state index is -0.250. The molecule has 0 radical (unpaired) electrons. The second kappa shape index (κ2) is 17.9. The Kier molecular flexibility index (Phi) is 14.3. The summed E-state index contributed by atoms with van der Waals surface area (Å²) < 4.78 is 5.75. The molecule has 0 spiro atoms. The van der Waals surface area contributed by atoms with Crippen molar-refractivity contribution in [2.75, 3.05) is 0 Å². The van der Waals surface area contributed by atoms with E-state index in [0.717, 1.165) is 56.2 Å². The number of pyridine rings is 1. The fourth-order valence-electron chi connectivity index (χ4n) is 5.99. The van der Waals surface area contributed by atoms with Crippen molar-refractivity contribution in [2.45, 2.75) is 136 Å². The quantitative estimate of drug-likeness (QED) is 0.106. The van der Waals surface area contributed by atoms with Crippen LogP contribution in [0.4, 0.5) is 0 Å². The molecule has 1 saturated carbocycles. The lowest BCUT2D eigenvalue weighted by molar-refractivity contribution is -0.140. The van der Waals surface area contributed by atoms with Gasteiger partial charge in [0.05, 0.1) is 23.1 Å². The number of hydrogen-bond acceptors (Lipinski definition) is 4. The van der Waals surface area contributed by atoms with Crippen molar-refractivity contribution in [3.8, 4) is 23.1 Å². The number of nitriles is 1. The average molecular weight is 545 g/mol. The van der Waals surface area contributed by atoms with Crippen molar-refractivity contribution in [2.24, 2.45) is 11.3 Å². The van der Waals surface area contributed by atoms with E-state index in [9.17, 15) is 10.1 Å². The molecule has 3 rings (SSSR count). The first kappa shape index (κ1) is 31.9. The number of benzene rings is 1. The van der Waals surface area contributed by atoms with Crippen LogP contribution in [-0.2, 0) is 11.2 Å². The highest BCUT2D eigenvalue weighted by Gasteiger charge is 2.38. The molecular formula is C36H52N2O2. The predicted molar refractivity (Wildman–Crippen MR) is 165 cm³/mol. The molecule has 2 aromatic rings. The van der Waals surface area contributed by atoms with Gasteiger partial charge in [0.15, 0.2) is 0 Å². The molecule has 0 aliphatic heterocycles. The van der Waals surface area contributed by atoms with Crippen molar-refractivity contribution in [3.63, 3.8) is 0 Å². The van der Waals surface area contributed by atoms with Crippen molar-refractivity contribution in [1.29, 1.82) is 5.26 Å². The highest BCUT2D eigenvalue weighted by Crippen LogP contribution is 2.43. The van der Waals surface area contributed by atoms with Crippen LogP contribution in [0, 0.1) is 22.7 Å². The second-order valence-electron chi connectivity index (χ2n) is 12.1.